The Balaban J connectivity index is 1.77. The van der Waals surface area contributed by atoms with Gasteiger partial charge in [0.2, 0.25) is 10.0 Å². The molecule has 0 aliphatic carbocycles. The molecule has 0 atom stereocenters. The third-order valence-electron chi connectivity index (χ3n) is 4.08. The Kier molecular flexibility index (Phi) is 6.56. The SMILES string of the molecule is CNS(=O)(=O)c1ccc(C(=O)NCCCN2CCCCC2)cc1. The minimum Gasteiger partial charge on any atom is -0.352 e. The highest BCUT2D eigenvalue weighted by atomic mass is 32.2. The van der Waals surface area contributed by atoms with Crippen molar-refractivity contribution in [3.05, 3.63) is 29.8 Å². The standard InChI is InChI=1S/C16H25N3O3S/c1-17-23(21,22)15-8-6-14(7-9-15)16(20)18-10-5-13-19-11-3-2-4-12-19/h6-9,17H,2-5,10-13H2,1H3,(H,18,20). The van der Waals surface area contributed by atoms with E-state index >= 15 is 0 Å². The molecule has 1 fully saturated rings. The van der Waals surface area contributed by atoms with Gasteiger partial charge in [0.1, 0.15) is 0 Å². The first-order valence-corrected chi connectivity index (χ1v) is 9.55. The molecule has 2 rings (SSSR count). The molecule has 1 heterocycles. The average molecular weight is 339 g/mol. The van der Waals surface area contributed by atoms with Gasteiger partial charge in [-0.15, -0.1) is 0 Å². The van der Waals surface area contributed by atoms with Gasteiger partial charge in [-0.3, -0.25) is 4.79 Å². The number of hydrogen-bond donors (Lipinski definition) is 2. The fourth-order valence-corrected chi connectivity index (χ4v) is 3.42. The summed E-state index contributed by atoms with van der Waals surface area (Å²) in [4.78, 5) is 14.6. The van der Waals surface area contributed by atoms with E-state index in [0.717, 1.165) is 26.1 Å². The van der Waals surface area contributed by atoms with Crippen LogP contribution in [0.5, 0.6) is 0 Å². The van der Waals surface area contributed by atoms with E-state index in [4.69, 9.17) is 0 Å². The second-order valence-electron chi connectivity index (χ2n) is 5.74. The van der Waals surface area contributed by atoms with Crippen molar-refractivity contribution in [2.45, 2.75) is 30.6 Å². The Morgan fingerprint density at radius 2 is 1.78 bits per heavy atom. The Morgan fingerprint density at radius 1 is 1.13 bits per heavy atom. The fraction of sp³-hybridized carbons (Fsp3) is 0.562. The summed E-state index contributed by atoms with van der Waals surface area (Å²) in [6.45, 7) is 3.97. The Bertz CT molecular complexity index is 608. The molecule has 1 saturated heterocycles. The van der Waals surface area contributed by atoms with Gasteiger partial charge in [0.25, 0.3) is 5.91 Å². The van der Waals surface area contributed by atoms with Crippen molar-refractivity contribution in [2.24, 2.45) is 0 Å². The molecule has 23 heavy (non-hydrogen) atoms. The molecule has 1 aromatic rings. The highest BCUT2D eigenvalue weighted by Crippen LogP contribution is 2.10. The van der Waals surface area contributed by atoms with E-state index in [9.17, 15) is 13.2 Å². The minimum atomic E-state index is -3.46. The topological polar surface area (TPSA) is 78.5 Å². The van der Waals surface area contributed by atoms with Gasteiger partial charge < -0.3 is 10.2 Å². The van der Waals surface area contributed by atoms with Gasteiger partial charge in [-0.05, 0) is 70.2 Å². The van der Waals surface area contributed by atoms with Crippen LogP contribution < -0.4 is 10.0 Å². The summed E-state index contributed by atoms with van der Waals surface area (Å²) in [5.41, 5.74) is 0.470. The largest absolute Gasteiger partial charge is 0.352 e. The smallest absolute Gasteiger partial charge is 0.251 e. The molecule has 0 bridgehead atoms. The van der Waals surface area contributed by atoms with Crippen molar-refractivity contribution in [2.75, 3.05) is 33.2 Å². The zero-order valence-electron chi connectivity index (χ0n) is 13.5. The summed E-state index contributed by atoms with van der Waals surface area (Å²) >= 11 is 0. The molecule has 1 aliphatic heterocycles. The van der Waals surface area contributed by atoms with Crippen LogP contribution in [0.15, 0.2) is 29.2 Å². The predicted molar refractivity (Wildman–Crippen MR) is 89.9 cm³/mol. The maximum atomic E-state index is 12.0. The van der Waals surface area contributed by atoms with Gasteiger partial charge in [-0.2, -0.15) is 0 Å². The molecule has 0 saturated carbocycles. The maximum absolute atomic E-state index is 12.0. The van der Waals surface area contributed by atoms with Crippen LogP contribution in [-0.4, -0.2) is 52.5 Å². The van der Waals surface area contributed by atoms with Crippen LogP contribution >= 0.6 is 0 Å². The zero-order chi connectivity index (χ0) is 16.7. The third-order valence-corrected chi connectivity index (χ3v) is 5.51. The first kappa shape index (κ1) is 17.9. The third kappa shape index (κ3) is 5.30. The number of sulfonamides is 1. The van der Waals surface area contributed by atoms with Gasteiger partial charge in [0.05, 0.1) is 4.90 Å². The molecule has 128 valence electrons. The lowest BCUT2D eigenvalue weighted by Gasteiger charge is -2.26. The first-order valence-electron chi connectivity index (χ1n) is 8.07. The molecule has 1 aliphatic rings. The fourth-order valence-electron chi connectivity index (χ4n) is 2.69. The van der Waals surface area contributed by atoms with Gasteiger partial charge in [0.15, 0.2) is 0 Å². The molecule has 0 radical (unpaired) electrons. The number of piperidine rings is 1. The minimum absolute atomic E-state index is 0.154. The van der Waals surface area contributed by atoms with E-state index in [1.54, 1.807) is 0 Å². The Labute approximate surface area is 138 Å². The molecular weight excluding hydrogens is 314 g/mol. The quantitative estimate of drug-likeness (QED) is 0.732. The van der Waals surface area contributed by atoms with Crippen LogP contribution in [0.3, 0.4) is 0 Å². The van der Waals surface area contributed by atoms with E-state index in [1.807, 2.05) is 0 Å². The number of carbonyl (C=O) groups is 1. The van der Waals surface area contributed by atoms with Gasteiger partial charge in [0, 0.05) is 12.1 Å². The van der Waals surface area contributed by atoms with Gasteiger partial charge in [-0.1, -0.05) is 6.42 Å². The van der Waals surface area contributed by atoms with E-state index in [0.29, 0.717) is 12.1 Å². The van der Waals surface area contributed by atoms with E-state index in [2.05, 4.69) is 14.9 Å². The van der Waals surface area contributed by atoms with Crippen LogP contribution in [0.4, 0.5) is 0 Å². The van der Waals surface area contributed by atoms with Gasteiger partial charge >= 0.3 is 0 Å². The van der Waals surface area contributed by atoms with Gasteiger partial charge in [-0.25, -0.2) is 13.1 Å². The molecule has 7 heteroatoms. The first-order chi connectivity index (χ1) is 11.0. The van der Waals surface area contributed by atoms with Crippen molar-refractivity contribution in [3.63, 3.8) is 0 Å². The van der Waals surface area contributed by atoms with Crippen molar-refractivity contribution in [1.29, 1.82) is 0 Å². The molecule has 0 unspecified atom stereocenters. The van der Waals surface area contributed by atoms with Crippen LogP contribution in [0.25, 0.3) is 0 Å². The lowest BCUT2D eigenvalue weighted by Crippen LogP contribution is -2.33. The Hall–Kier alpha value is -1.44. The molecule has 1 aromatic carbocycles. The molecule has 0 spiro atoms. The monoisotopic (exact) mass is 339 g/mol. The van der Waals surface area contributed by atoms with Crippen LogP contribution in [0.2, 0.25) is 0 Å². The number of nitrogens with one attached hydrogen (secondary N) is 2. The highest BCUT2D eigenvalue weighted by molar-refractivity contribution is 7.89. The summed E-state index contributed by atoms with van der Waals surface area (Å²) in [7, 11) is -2.10. The molecular formula is C16H25N3O3S. The van der Waals surface area contributed by atoms with Crippen LogP contribution in [0.1, 0.15) is 36.0 Å². The molecule has 6 nitrogen and oxygen atoms in total. The van der Waals surface area contributed by atoms with Crippen molar-refractivity contribution < 1.29 is 13.2 Å². The van der Waals surface area contributed by atoms with Crippen molar-refractivity contribution in [3.8, 4) is 0 Å². The molecule has 2 N–H and O–H groups in total. The second kappa shape index (κ2) is 8.42. The summed E-state index contributed by atoms with van der Waals surface area (Å²) in [5, 5.41) is 2.88. The molecule has 0 aromatic heterocycles. The van der Waals surface area contributed by atoms with Crippen molar-refractivity contribution >= 4 is 15.9 Å². The lowest BCUT2D eigenvalue weighted by molar-refractivity contribution is 0.0951. The second-order valence-corrected chi connectivity index (χ2v) is 7.63. The maximum Gasteiger partial charge on any atom is 0.251 e. The average Bonchev–Trinajstić information content (AvgIpc) is 2.59. The summed E-state index contributed by atoms with van der Waals surface area (Å²) in [6, 6.07) is 5.94. The summed E-state index contributed by atoms with van der Waals surface area (Å²) in [5.74, 6) is -0.169. The van der Waals surface area contributed by atoms with Crippen LogP contribution in [-0.2, 0) is 10.0 Å². The number of carbonyl (C=O) groups excluding carboxylic acids is 1. The number of benzene rings is 1. The predicted octanol–water partition coefficient (Wildman–Crippen LogP) is 1.20. The lowest BCUT2D eigenvalue weighted by atomic mass is 10.1. The zero-order valence-corrected chi connectivity index (χ0v) is 14.4. The number of amides is 1. The summed E-state index contributed by atoms with van der Waals surface area (Å²) in [6.07, 6.45) is 4.80. The van der Waals surface area contributed by atoms with E-state index < -0.39 is 10.0 Å². The van der Waals surface area contributed by atoms with Crippen LogP contribution in [0, 0.1) is 0 Å². The molecule has 1 amide bonds. The number of hydrogen-bond acceptors (Lipinski definition) is 4. The number of nitrogens with zero attached hydrogens (tertiary/aromatic N) is 1. The normalized spacial score (nSPS) is 16.2. The Morgan fingerprint density at radius 3 is 2.39 bits per heavy atom. The number of rotatable bonds is 7. The number of likely N-dealkylation sites (tertiary alicyclic amines) is 1. The summed E-state index contributed by atoms with van der Waals surface area (Å²) < 4.78 is 25.5. The van der Waals surface area contributed by atoms with E-state index in [1.165, 1.54) is 50.6 Å². The highest BCUT2D eigenvalue weighted by Gasteiger charge is 2.13. The van der Waals surface area contributed by atoms with E-state index in [-0.39, 0.29) is 10.8 Å². The van der Waals surface area contributed by atoms with Crippen molar-refractivity contribution in [1.82, 2.24) is 14.9 Å².